The van der Waals surface area contributed by atoms with Crippen molar-refractivity contribution in [1.29, 1.82) is 0 Å². The zero-order chi connectivity index (χ0) is 12.0. The van der Waals surface area contributed by atoms with E-state index < -0.39 is 6.67 Å². The summed E-state index contributed by atoms with van der Waals surface area (Å²) >= 11 is 0. The number of nitrogens with one attached hydrogen (secondary N) is 1. The summed E-state index contributed by atoms with van der Waals surface area (Å²) in [6.45, 7) is -0.142. The molecule has 0 aliphatic carbocycles. The average molecular weight is 229 g/mol. The van der Waals surface area contributed by atoms with Crippen LogP contribution in [0.5, 0.6) is 11.5 Å². The standard InChI is InChI=1S/C11H16FNO3/c1-14-10-4-8(6-12)9(7-13-16-3)5-11(10)15-2/h4-5,13H,6-7H2,1-3H3. The Morgan fingerprint density at radius 3 is 2.06 bits per heavy atom. The highest BCUT2D eigenvalue weighted by atomic mass is 19.1. The van der Waals surface area contributed by atoms with Gasteiger partial charge in [-0.05, 0) is 23.3 Å². The lowest BCUT2D eigenvalue weighted by atomic mass is 10.1. The fourth-order valence-electron chi connectivity index (χ4n) is 1.40. The summed E-state index contributed by atoms with van der Waals surface area (Å²) in [5.74, 6) is 1.10. The first-order valence-corrected chi connectivity index (χ1v) is 4.82. The van der Waals surface area contributed by atoms with Crippen molar-refractivity contribution in [2.75, 3.05) is 21.3 Å². The van der Waals surface area contributed by atoms with Gasteiger partial charge in [-0.2, -0.15) is 5.48 Å². The molecule has 0 unspecified atom stereocenters. The third-order valence-corrected chi connectivity index (χ3v) is 2.26. The molecule has 0 amide bonds. The van der Waals surface area contributed by atoms with Gasteiger partial charge in [0.2, 0.25) is 0 Å². The van der Waals surface area contributed by atoms with Crippen molar-refractivity contribution >= 4 is 0 Å². The molecule has 16 heavy (non-hydrogen) atoms. The van der Waals surface area contributed by atoms with Crippen LogP contribution in [0.4, 0.5) is 4.39 Å². The van der Waals surface area contributed by atoms with E-state index in [0.717, 1.165) is 5.56 Å². The third-order valence-electron chi connectivity index (χ3n) is 2.26. The summed E-state index contributed by atoms with van der Waals surface area (Å²) in [5, 5.41) is 0. The van der Waals surface area contributed by atoms with Crippen LogP contribution in [0.1, 0.15) is 11.1 Å². The lowest BCUT2D eigenvalue weighted by Gasteiger charge is -2.13. The second kappa shape index (κ2) is 6.30. The van der Waals surface area contributed by atoms with Gasteiger partial charge in [0.1, 0.15) is 6.67 Å². The van der Waals surface area contributed by atoms with Gasteiger partial charge in [0.15, 0.2) is 11.5 Å². The third kappa shape index (κ3) is 2.84. The number of ether oxygens (including phenoxy) is 2. The fraction of sp³-hybridized carbons (Fsp3) is 0.455. The Balaban J connectivity index is 3.05. The van der Waals surface area contributed by atoms with E-state index in [9.17, 15) is 4.39 Å². The summed E-state index contributed by atoms with van der Waals surface area (Å²) in [6.07, 6.45) is 0. The van der Waals surface area contributed by atoms with Gasteiger partial charge in [0.25, 0.3) is 0 Å². The molecule has 0 atom stereocenters. The maximum absolute atomic E-state index is 12.8. The van der Waals surface area contributed by atoms with Crippen LogP contribution in [0.3, 0.4) is 0 Å². The monoisotopic (exact) mass is 229 g/mol. The Kier molecular flexibility index (Phi) is 5.01. The molecule has 90 valence electrons. The molecule has 0 bridgehead atoms. The molecule has 0 aliphatic rings. The highest BCUT2D eigenvalue weighted by Crippen LogP contribution is 2.30. The van der Waals surface area contributed by atoms with E-state index in [1.807, 2.05) is 0 Å². The Hall–Kier alpha value is -1.33. The number of halogens is 1. The van der Waals surface area contributed by atoms with Crippen LogP contribution >= 0.6 is 0 Å². The average Bonchev–Trinajstić information content (AvgIpc) is 2.35. The zero-order valence-corrected chi connectivity index (χ0v) is 9.67. The minimum Gasteiger partial charge on any atom is -0.493 e. The first-order chi connectivity index (χ1) is 7.76. The van der Waals surface area contributed by atoms with Gasteiger partial charge >= 0.3 is 0 Å². The molecule has 5 heteroatoms. The van der Waals surface area contributed by atoms with E-state index in [1.54, 1.807) is 19.2 Å². The van der Waals surface area contributed by atoms with Crippen molar-refractivity contribution in [3.05, 3.63) is 23.3 Å². The highest BCUT2D eigenvalue weighted by Gasteiger charge is 2.10. The van der Waals surface area contributed by atoms with Gasteiger partial charge in [-0.25, -0.2) is 4.39 Å². The maximum atomic E-state index is 12.8. The lowest BCUT2D eigenvalue weighted by molar-refractivity contribution is 0.0863. The molecule has 0 spiro atoms. The molecule has 1 rings (SSSR count). The van der Waals surface area contributed by atoms with Crippen LogP contribution in [0.25, 0.3) is 0 Å². The van der Waals surface area contributed by atoms with E-state index in [0.29, 0.717) is 23.6 Å². The number of hydroxylamine groups is 1. The van der Waals surface area contributed by atoms with E-state index in [2.05, 4.69) is 5.48 Å². The first kappa shape index (κ1) is 12.7. The highest BCUT2D eigenvalue weighted by molar-refractivity contribution is 5.47. The minimum atomic E-state index is -0.554. The van der Waals surface area contributed by atoms with Crippen molar-refractivity contribution in [2.24, 2.45) is 0 Å². The quantitative estimate of drug-likeness (QED) is 0.755. The molecule has 0 fully saturated rings. The maximum Gasteiger partial charge on any atom is 0.161 e. The van der Waals surface area contributed by atoms with Crippen molar-refractivity contribution in [3.8, 4) is 11.5 Å². The Labute approximate surface area is 94.3 Å². The lowest BCUT2D eigenvalue weighted by Crippen LogP contribution is -2.12. The van der Waals surface area contributed by atoms with Crippen LogP contribution in [0, 0.1) is 0 Å². The fourth-order valence-corrected chi connectivity index (χ4v) is 1.40. The molecule has 1 aromatic rings. The van der Waals surface area contributed by atoms with Crippen molar-refractivity contribution in [2.45, 2.75) is 13.2 Å². The number of hydrogen-bond acceptors (Lipinski definition) is 4. The minimum absolute atomic E-state index is 0.413. The van der Waals surface area contributed by atoms with E-state index in [4.69, 9.17) is 14.3 Å². The van der Waals surface area contributed by atoms with Gasteiger partial charge in [-0.1, -0.05) is 0 Å². The summed E-state index contributed by atoms with van der Waals surface area (Å²) in [5.41, 5.74) is 4.00. The van der Waals surface area contributed by atoms with Crippen LogP contribution in [-0.4, -0.2) is 21.3 Å². The Bertz CT molecular complexity index is 344. The molecule has 1 aromatic carbocycles. The van der Waals surface area contributed by atoms with Crippen molar-refractivity contribution in [3.63, 3.8) is 0 Å². The molecule has 4 nitrogen and oxygen atoms in total. The molecule has 0 aromatic heterocycles. The predicted octanol–water partition coefficient (Wildman–Crippen LogP) is 1.82. The molecule has 0 heterocycles. The van der Waals surface area contributed by atoms with Crippen LogP contribution in [0.2, 0.25) is 0 Å². The van der Waals surface area contributed by atoms with Crippen LogP contribution in [-0.2, 0) is 18.1 Å². The first-order valence-electron chi connectivity index (χ1n) is 4.82. The topological polar surface area (TPSA) is 39.7 Å². The summed E-state index contributed by atoms with van der Waals surface area (Å²) < 4.78 is 23.0. The van der Waals surface area contributed by atoms with E-state index >= 15 is 0 Å². The SMILES string of the molecule is CONCc1cc(OC)c(OC)cc1CF. The summed E-state index contributed by atoms with van der Waals surface area (Å²) in [6, 6.07) is 3.37. The molecule has 0 saturated carbocycles. The van der Waals surface area contributed by atoms with Gasteiger partial charge in [-0.3, -0.25) is 0 Å². The Morgan fingerprint density at radius 2 is 1.62 bits per heavy atom. The van der Waals surface area contributed by atoms with Gasteiger partial charge < -0.3 is 14.3 Å². The van der Waals surface area contributed by atoms with Crippen LogP contribution in [0.15, 0.2) is 12.1 Å². The number of rotatable bonds is 6. The molecular formula is C11H16FNO3. The number of methoxy groups -OCH3 is 2. The predicted molar refractivity (Wildman–Crippen MR) is 58.2 cm³/mol. The normalized spacial score (nSPS) is 10.2. The van der Waals surface area contributed by atoms with Gasteiger partial charge in [0.05, 0.1) is 21.3 Å². The van der Waals surface area contributed by atoms with Gasteiger partial charge in [-0.15, -0.1) is 0 Å². The second-order valence-corrected chi connectivity index (χ2v) is 3.13. The Morgan fingerprint density at radius 1 is 1.06 bits per heavy atom. The smallest absolute Gasteiger partial charge is 0.161 e. The van der Waals surface area contributed by atoms with E-state index in [-0.39, 0.29) is 0 Å². The molecule has 0 saturated heterocycles. The van der Waals surface area contributed by atoms with E-state index in [1.165, 1.54) is 14.2 Å². The molecular weight excluding hydrogens is 213 g/mol. The second-order valence-electron chi connectivity index (χ2n) is 3.13. The number of alkyl halides is 1. The summed E-state index contributed by atoms with van der Waals surface area (Å²) in [7, 11) is 4.57. The van der Waals surface area contributed by atoms with Gasteiger partial charge in [0, 0.05) is 6.54 Å². The largest absolute Gasteiger partial charge is 0.493 e. The zero-order valence-electron chi connectivity index (χ0n) is 9.67. The molecule has 0 aliphatic heterocycles. The summed E-state index contributed by atoms with van der Waals surface area (Å²) in [4.78, 5) is 4.73. The van der Waals surface area contributed by atoms with Crippen molar-refractivity contribution < 1.29 is 18.7 Å². The molecule has 1 N–H and O–H groups in total. The van der Waals surface area contributed by atoms with Crippen LogP contribution < -0.4 is 15.0 Å². The van der Waals surface area contributed by atoms with Crippen molar-refractivity contribution in [1.82, 2.24) is 5.48 Å². The number of hydrogen-bond donors (Lipinski definition) is 1. The number of benzene rings is 1. The molecule has 0 radical (unpaired) electrons.